The van der Waals surface area contributed by atoms with Crippen molar-refractivity contribution >= 4 is 11.9 Å². The molecule has 0 spiro atoms. The van der Waals surface area contributed by atoms with Crippen LogP contribution in [0.2, 0.25) is 0 Å². The van der Waals surface area contributed by atoms with Crippen LogP contribution >= 0.6 is 0 Å². The second-order valence-electron chi connectivity index (χ2n) is 3.37. The molecule has 0 heterocycles. The van der Waals surface area contributed by atoms with Crippen LogP contribution in [-0.2, 0) is 4.79 Å². The molecule has 17 heavy (non-hydrogen) atoms. The summed E-state index contributed by atoms with van der Waals surface area (Å²) in [6.45, 7) is 2.32. The fourth-order valence-electron chi connectivity index (χ4n) is 1.07. The van der Waals surface area contributed by atoms with Gasteiger partial charge >= 0.3 is 0 Å². The Morgan fingerprint density at radius 1 is 0.824 bits per heavy atom. The maximum absolute atomic E-state index is 13.1. The van der Waals surface area contributed by atoms with Crippen molar-refractivity contribution in [2.24, 2.45) is 0 Å². The van der Waals surface area contributed by atoms with E-state index in [1.807, 2.05) is 0 Å². The van der Waals surface area contributed by atoms with E-state index in [9.17, 15) is 26.7 Å². The summed E-state index contributed by atoms with van der Waals surface area (Å²) in [5.74, 6) is -10.7. The summed E-state index contributed by atoms with van der Waals surface area (Å²) in [5.41, 5.74) is -1.23. The highest BCUT2D eigenvalue weighted by atomic mass is 19.2. The first kappa shape index (κ1) is 13.3. The zero-order chi connectivity index (χ0) is 13.3. The normalized spacial score (nSPS) is 11.8. The van der Waals surface area contributed by atoms with Gasteiger partial charge in [-0.3, -0.25) is 4.79 Å². The molecule has 0 atom stereocenters. The molecular weight excluding hydrogens is 243 g/mol. The molecule has 1 rings (SSSR count). The Balaban J connectivity index is 3.56. The van der Waals surface area contributed by atoms with E-state index in [-0.39, 0.29) is 5.57 Å². The average molecular weight is 250 g/mol. The van der Waals surface area contributed by atoms with Crippen LogP contribution in [0.1, 0.15) is 19.4 Å². The van der Waals surface area contributed by atoms with Crippen molar-refractivity contribution in [2.45, 2.75) is 13.8 Å². The van der Waals surface area contributed by atoms with Gasteiger partial charge in [0, 0.05) is 0 Å². The molecular formula is C11H7F5O. The number of rotatable bonds is 2. The first-order valence-electron chi connectivity index (χ1n) is 4.48. The van der Waals surface area contributed by atoms with Crippen molar-refractivity contribution in [1.29, 1.82) is 0 Å². The summed E-state index contributed by atoms with van der Waals surface area (Å²) in [6, 6.07) is 0. The molecule has 0 saturated carbocycles. The molecule has 0 aromatic heterocycles. The maximum Gasteiger partial charge on any atom is 0.200 e. The molecule has 0 aliphatic rings. The number of ketones is 1. The number of benzene rings is 1. The van der Waals surface area contributed by atoms with Crippen LogP contribution in [0.5, 0.6) is 0 Å². The lowest BCUT2D eigenvalue weighted by Gasteiger charge is -2.05. The van der Waals surface area contributed by atoms with Gasteiger partial charge in [-0.1, -0.05) is 0 Å². The third-order valence-electron chi connectivity index (χ3n) is 2.16. The predicted molar refractivity (Wildman–Crippen MR) is 50.6 cm³/mol. The van der Waals surface area contributed by atoms with E-state index >= 15 is 0 Å². The van der Waals surface area contributed by atoms with Crippen molar-refractivity contribution in [1.82, 2.24) is 0 Å². The van der Waals surface area contributed by atoms with E-state index in [0.717, 1.165) is 6.92 Å². The van der Waals surface area contributed by atoms with Crippen LogP contribution in [0.3, 0.4) is 0 Å². The van der Waals surface area contributed by atoms with Crippen molar-refractivity contribution in [3.63, 3.8) is 0 Å². The summed E-state index contributed by atoms with van der Waals surface area (Å²) >= 11 is 0. The molecule has 0 fully saturated rings. The highest BCUT2D eigenvalue weighted by Crippen LogP contribution is 2.24. The van der Waals surface area contributed by atoms with E-state index in [0.29, 0.717) is 6.08 Å². The Hall–Kier alpha value is -1.72. The van der Waals surface area contributed by atoms with Gasteiger partial charge < -0.3 is 0 Å². The summed E-state index contributed by atoms with van der Waals surface area (Å²) in [6.07, 6.45) is 0.624. The van der Waals surface area contributed by atoms with Crippen molar-refractivity contribution in [3.05, 3.63) is 40.2 Å². The zero-order valence-electron chi connectivity index (χ0n) is 8.88. The molecule has 0 bridgehead atoms. The van der Waals surface area contributed by atoms with Crippen molar-refractivity contribution in [3.8, 4) is 0 Å². The number of carbonyl (C=O) groups is 1. The minimum Gasteiger partial charge on any atom is -0.295 e. The first-order valence-corrected chi connectivity index (χ1v) is 4.48. The third kappa shape index (κ3) is 2.35. The molecule has 0 N–H and O–H groups in total. The van der Waals surface area contributed by atoms with Crippen molar-refractivity contribution in [2.75, 3.05) is 0 Å². The highest BCUT2D eigenvalue weighted by molar-refractivity contribution is 5.97. The van der Waals surface area contributed by atoms with Crippen molar-refractivity contribution < 1.29 is 26.7 Å². The van der Waals surface area contributed by atoms with Gasteiger partial charge in [-0.25, -0.2) is 22.0 Å². The quantitative estimate of drug-likeness (QED) is 0.340. The average Bonchev–Trinajstić information content (AvgIpc) is 2.29. The molecule has 0 aliphatic carbocycles. The molecule has 92 valence electrons. The third-order valence-corrected chi connectivity index (χ3v) is 2.16. The standard InChI is InChI=1S/C11H7F5O/c1-4(5(2)17)3-6-7(12)9(14)11(16)10(15)8(6)13/h3H,1-2H3. The summed E-state index contributed by atoms with van der Waals surface area (Å²) in [7, 11) is 0. The van der Waals surface area contributed by atoms with Gasteiger partial charge in [0.05, 0.1) is 5.56 Å². The van der Waals surface area contributed by atoms with Gasteiger partial charge in [-0.15, -0.1) is 0 Å². The van der Waals surface area contributed by atoms with E-state index in [2.05, 4.69) is 0 Å². The molecule has 1 aromatic carbocycles. The molecule has 0 aliphatic heterocycles. The van der Waals surface area contributed by atoms with Gasteiger partial charge in [-0.2, -0.15) is 0 Å². The fraction of sp³-hybridized carbons (Fsp3) is 0.182. The molecule has 0 radical (unpaired) electrons. The van der Waals surface area contributed by atoms with Crippen LogP contribution in [-0.4, -0.2) is 5.78 Å². The van der Waals surface area contributed by atoms with Crippen LogP contribution in [0.25, 0.3) is 6.08 Å². The zero-order valence-corrected chi connectivity index (χ0v) is 8.88. The van der Waals surface area contributed by atoms with Crippen LogP contribution in [0, 0.1) is 29.1 Å². The topological polar surface area (TPSA) is 17.1 Å². The van der Waals surface area contributed by atoms with Gasteiger partial charge in [0.15, 0.2) is 29.1 Å². The Morgan fingerprint density at radius 2 is 1.18 bits per heavy atom. The Labute approximate surface area is 93.6 Å². The molecule has 0 amide bonds. The maximum atomic E-state index is 13.1. The van der Waals surface area contributed by atoms with Crippen LogP contribution in [0.15, 0.2) is 5.57 Å². The number of hydrogen-bond acceptors (Lipinski definition) is 1. The minimum absolute atomic E-state index is 0.117. The molecule has 0 unspecified atom stereocenters. The lowest BCUT2D eigenvalue weighted by molar-refractivity contribution is -0.113. The lowest BCUT2D eigenvalue weighted by atomic mass is 10.1. The van der Waals surface area contributed by atoms with Gasteiger partial charge in [0.25, 0.3) is 0 Å². The first-order chi connectivity index (χ1) is 7.77. The number of allylic oxidation sites excluding steroid dienone is 1. The Kier molecular flexibility index (Phi) is 3.65. The molecule has 0 saturated heterocycles. The summed E-state index contributed by atoms with van der Waals surface area (Å²) in [5, 5.41) is 0. The number of hydrogen-bond donors (Lipinski definition) is 0. The molecule has 6 heteroatoms. The van der Waals surface area contributed by atoms with E-state index in [4.69, 9.17) is 0 Å². The Morgan fingerprint density at radius 3 is 1.53 bits per heavy atom. The number of halogens is 5. The molecule has 1 aromatic rings. The number of Topliss-reactive ketones (excluding diaryl/α,β-unsaturated/α-hetero) is 1. The molecule has 1 nitrogen and oxygen atoms in total. The van der Waals surface area contributed by atoms with Crippen LogP contribution in [0.4, 0.5) is 22.0 Å². The van der Waals surface area contributed by atoms with E-state index in [1.54, 1.807) is 0 Å². The summed E-state index contributed by atoms with van der Waals surface area (Å²) < 4.78 is 64.5. The van der Waals surface area contributed by atoms with Crippen LogP contribution < -0.4 is 0 Å². The second kappa shape index (κ2) is 4.65. The Bertz CT molecular complexity index is 490. The highest BCUT2D eigenvalue weighted by Gasteiger charge is 2.24. The van der Waals surface area contributed by atoms with E-state index < -0.39 is 40.4 Å². The van der Waals surface area contributed by atoms with E-state index in [1.165, 1.54) is 6.92 Å². The van der Waals surface area contributed by atoms with Gasteiger partial charge in [0.1, 0.15) is 0 Å². The monoisotopic (exact) mass is 250 g/mol. The smallest absolute Gasteiger partial charge is 0.200 e. The second-order valence-corrected chi connectivity index (χ2v) is 3.37. The summed E-state index contributed by atoms with van der Waals surface area (Å²) in [4.78, 5) is 10.8. The van der Waals surface area contributed by atoms with Gasteiger partial charge in [-0.05, 0) is 25.5 Å². The van der Waals surface area contributed by atoms with Gasteiger partial charge in [0.2, 0.25) is 5.82 Å². The minimum atomic E-state index is -2.22. The predicted octanol–water partition coefficient (Wildman–Crippen LogP) is 3.37. The largest absolute Gasteiger partial charge is 0.295 e. The lowest BCUT2D eigenvalue weighted by Crippen LogP contribution is -2.05. The number of carbonyl (C=O) groups excluding carboxylic acids is 1. The fourth-order valence-corrected chi connectivity index (χ4v) is 1.07. The SMILES string of the molecule is CC(=O)C(C)=Cc1c(F)c(F)c(F)c(F)c1F.